The van der Waals surface area contributed by atoms with Gasteiger partial charge in [0.05, 0.1) is 0 Å². The van der Waals surface area contributed by atoms with Gasteiger partial charge >= 0.3 is 0 Å². The molecular formula is C7H16N. The second-order valence-corrected chi connectivity index (χ2v) is 2.23. The summed E-state index contributed by atoms with van der Waals surface area (Å²) < 4.78 is 0. The van der Waals surface area contributed by atoms with E-state index in [0.29, 0.717) is 0 Å². The molecule has 0 saturated heterocycles. The fourth-order valence-electron chi connectivity index (χ4n) is 0.658. The lowest BCUT2D eigenvalue weighted by atomic mass is 9.92. The SMILES string of the molecule is C[CH]C(N)(CC)CC. The summed E-state index contributed by atoms with van der Waals surface area (Å²) >= 11 is 0. The molecule has 2 N–H and O–H groups in total. The van der Waals surface area contributed by atoms with Crippen molar-refractivity contribution in [3.63, 3.8) is 0 Å². The molecule has 0 saturated carbocycles. The fourth-order valence-corrected chi connectivity index (χ4v) is 0.658. The van der Waals surface area contributed by atoms with E-state index in [1.165, 1.54) is 0 Å². The number of rotatable bonds is 3. The molecule has 0 bridgehead atoms. The van der Waals surface area contributed by atoms with Gasteiger partial charge in [0, 0.05) is 5.54 Å². The van der Waals surface area contributed by atoms with Crippen molar-refractivity contribution >= 4 is 0 Å². The normalized spacial score (nSPS) is 12.0. The van der Waals surface area contributed by atoms with Gasteiger partial charge < -0.3 is 5.73 Å². The van der Waals surface area contributed by atoms with Gasteiger partial charge in [0.25, 0.3) is 0 Å². The minimum absolute atomic E-state index is 0.000000000000000222. The topological polar surface area (TPSA) is 26.0 Å². The first-order valence-corrected chi connectivity index (χ1v) is 3.28. The van der Waals surface area contributed by atoms with Gasteiger partial charge in [-0.2, -0.15) is 0 Å². The van der Waals surface area contributed by atoms with E-state index < -0.39 is 0 Å². The summed E-state index contributed by atoms with van der Waals surface area (Å²) in [5, 5.41) is 0. The molecule has 8 heavy (non-hydrogen) atoms. The minimum atomic E-state index is 0.000000000000000222. The third-order valence-corrected chi connectivity index (χ3v) is 1.89. The van der Waals surface area contributed by atoms with E-state index in [9.17, 15) is 0 Å². The lowest BCUT2D eigenvalue weighted by molar-refractivity contribution is 0.458. The Kier molecular flexibility index (Phi) is 3.06. The van der Waals surface area contributed by atoms with Crippen LogP contribution in [0.2, 0.25) is 0 Å². The quantitative estimate of drug-likeness (QED) is 0.594. The smallest absolute Gasteiger partial charge is 0.0178 e. The van der Waals surface area contributed by atoms with Crippen molar-refractivity contribution in [2.75, 3.05) is 0 Å². The van der Waals surface area contributed by atoms with E-state index in [-0.39, 0.29) is 5.54 Å². The summed E-state index contributed by atoms with van der Waals surface area (Å²) in [4.78, 5) is 0. The van der Waals surface area contributed by atoms with Crippen molar-refractivity contribution in [1.29, 1.82) is 0 Å². The van der Waals surface area contributed by atoms with E-state index in [1.807, 2.05) is 6.92 Å². The third kappa shape index (κ3) is 1.83. The molecule has 0 fully saturated rings. The summed E-state index contributed by atoms with van der Waals surface area (Å²) in [7, 11) is 0. The average molecular weight is 114 g/mol. The van der Waals surface area contributed by atoms with Crippen LogP contribution < -0.4 is 5.73 Å². The zero-order chi connectivity index (χ0) is 6.62. The van der Waals surface area contributed by atoms with Crippen molar-refractivity contribution in [3.05, 3.63) is 6.42 Å². The van der Waals surface area contributed by atoms with E-state index >= 15 is 0 Å². The van der Waals surface area contributed by atoms with Gasteiger partial charge in [-0.05, 0) is 19.3 Å². The summed E-state index contributed by atoms with van der Waals surface area (Å²) in [5.41, 5.74) is 5.84. The van der Waals surface area contributed by atoms with Crippen LogP contribution in [0.15, 0.2) is 0 Å². The molecule has 1 radical (unpaired) electrons. The maximum Gasteiger partial charge on any atom is 0.0178 e. The highest BCUT2D eigenvalue weighted by atomic mass is 14.7. The lowest BCUT2D eigenvalue weighted by Gasteiger charge is -2.23. The molecule has 49 valence electrons. The Morgan fingerprint density at radius 3 is 1.75 bits per heavy atom. The molecule has 0 aliphatic heterocycles. The van der Waals surface area contributed by atoms with E-state index in [1.54, 1.807) is 0 Å². The van der Waals surface area contributed by atoms with Crippen LogP contribution in [-0.4, -0.2) is 5.54 Å². The molecule has 1 nitrogen and oxygen atoms in total. The molecule has 1 heteroatoms. The summed E-state index contributed by atoms with van der Waals surface area (Å²) in [6, 6.07) is 0. The van der Waals surface area contributed by atoms with Crippen LogP contribution in [0.4, 0.5) is 0 Å². The summed E-state index contributed by atoms with van der Waals surface area (Å²) in [6.45, 7) is 6.25. The molecule has 0 rings (SSSR count). The number of nitrogens with two attached hydrogens (primary N) is 1. The van der Waals surface area contributed by atoms with Crippen LogP contribution in [0.25, 0.3) is 0 Å². The first-order valence-electron chi connectivity index (χ1n) is 3.28. The van der Waals surface area contributed by atoms with Crippen LogP contribution in [0.3, 0.4) is 0 Å². The monoisotopic (exact) mass is 114 g/mol. The summed E-state index contributed by atoms with van der Waals surface area (Å²) in [5.74, 6) is 0. The molecule has 0 aliphatic carbocycles. The Balaban J connectivity index is 3.58. The molecule has 0 spiro atoms. The summed E-state index contributed by atoms with van der Waals surface area (Å²) in [6.07, 6.45) is 4.16. The maximum atomic E-state index is 5.84. The largest absolute Gasteiger partial charge is 0.325 e. The van der Waals surface area contributed by atoms with Crippen molar-refractivity contribution < 1.29 is 0 Å². The second-order valence-electron chi connectivity index (χ2n) is 2.23. The van der Waals surface area contributed by atoms with E-state index in [4.69, 9.17) is 5.73 Å². The van der Waals surface area contributed by atoms with Crippen LogP contribution in [-0.2, 0) is 0 Å². The van der Waals surface area contributed by atoms with Crippen LogP contribution in [0.5, 0.6) is 0 Å². The third-order valence-electron chi connectivity index (χ3n) is 1.89. The standard InChI is InChI=1S/C7H16N/c1-4-7(8,5-2)6-3/h4H,5-6,8H2,1-3H3. The highest BCUT2D eigenvalue weighted by Crippen LogP contribution is 2.13. The number of hydrogen-bond donors (Lipinski definition) is 1. The Bertz CT molecular complexity index is 47.1. The van der Waals surface area contributed by atoms with Gasteiger partial charge in [-0.15, -0.1) is 0 Å². The van der Waals surface area contributed by atoms with E-state index in [0.717, 1.165) is 12.8 Å². The van der Waals surface area contributed by atoms with Gasteiger partial charge in [0.2, 0.25) is 0 Å². The van der Waals surface area contributed by atoms with Gasteiger partial charge in [-0.3, -0.25) is 0 Å². The van der Waals surface area contributed by atoms with Crippen LogP contribution >= 0.6 is 0 Å². The Labute approximate surface area is 52.3 Å². The Morgan fingerprint density at radius 1 is 1.38 bits per heavy atom. The Morgan fingerprint density at radius 2 is 1.75 bits per heavy atom. The maximum absolute atomic E-state index is 5.84. The van der Waals surface area contributed by atoms with Gasteiger partial charge in [0.15, 0.2) is 0 Å². The molecule has 0 heterocycles. The highest BCUT2D eigenvalue weighted by Gasteiger charge is 2.16. The first-order chi connectivity index (χ1) is 3.68. The van der Waals surface area contributed by atoms with Crippen molar-refractivity contribution in [2.24, 2.45) is 5.73 Å². The molecule has 0 aromatic carbocycles. The van der Waals surface area contributed by atoms with Crippen LogP contribution in [0, 0.1) is 6.42 Å². The van der Waals surface area contributed by atoms with E-state index in [2.05, 4.69) is 20.3 Å². The van der Waals surface area contributed by atoms with Crippen molar-refractivity contribution in [2.45, 2.75) is 39.2 Å². The zero-order valence-electron chi connectivity index (χ0n) is 6.07. The Hall–Kier alpha value is -0.0400. The molecule has 0 unspecified atom stereocenters. The van der Waals surface area contributed by atoms with Crippen molar-refractivity contribution in [1.82, 2.24) is 0 Å². The van der Waals surface area contributed by atoms with Gasteiger partial charge in [0.1, 0.15) is 0 Å². The number of hydrogen-bond acceptors (Lipinski definition) is 1. The molecule has 0 amide bonds. The average Bonchev–Trinajstić information content (AvgIpc) is 1.87. The fraction of sp³-hybridized carbons (Fsp3) is 0.857. The van der Waals surface area contributed by atoms with Crippen LogP contribution in [0.1, 0.15) is 33.6 Å². The molecule has 0 atom stereocenters. The minimum Gasteiger partial charge on any atom is -0.325 e. The predicted octanol–water partition coefficient (Wildman–Crippen LogP) is 1.73. The first kappa shape index (κ1) is 7.96. The second kappa shape index (κ2) is 3.08. The highest BCUT2D eigenvalue weighted by molar-refractivity contribution is 4.91. The van der Waals surface area contributed by atoms with Gasteiger partial charge in [-0.25, -0.2) is 0 Å². The lowest BCUT2D eigenvalue weighted by Crippen LogP contribution is -2.37. The van der Waals surface area contributed by atoms with Gasteiger partial charge in [-0.1, -0.05) is 20.8 Å². The molecule has 0 aromatic heterocycles. The predicted molar refractivity (Wildman–Crippen MR) is 37.5 cm³/mol. The zero-order valence-corrected chi connectivity index (χ0v) is 6.07. The molecular weight excluding hydrogens is 98.1 g/mol. The molecule has 0 aliphatic rings. The molecule has 0 aromatic rings. The van der Waals surface area contributed by atoms with Crippen molar-refractivity contribution in [3.8, 4) is 0 Å².